The fourth-order valence-corrected chi connectivity index (χ4v) is 1.73. The minimum Gasteiger partial charge on any atom is -0.435 e. The van der Waals surface area contributed by atoms with Crippen LogP contribution in [0.4, 0.5) is 0 Å². The molecular weight excluding hydrogens is 246 g/mol. The summed E-state index contributed by atoms with van der Waals surface area (Å²) in [6.45, 7) is 5.59. The molecule has 1 aromatic rings. The van der Waals surface area contributed by atoms with Crippen molar-refractivity contribution < 1.29 is 14.0 Å². The third kappa shape index (κ3) is 4.08. The van der Waals surface area contributed by atoms with Gasteiger partial charge in [0.1, 0.15) is 6.04 Å². The highest BCUT2D eigenvalue weighted by Gasteiger charge is 2.22. The molecule has 1 atom stereocenters. The number of rotatable bonds is 7. The van der Waals surface area contributed by atoms with Gasteiger partial charge in [-0.25, -0.2) is 4.98 Å². The van der Waals surface area contributed by atoms with Gasteiger partial charge in [-0.2, -0.15) is 0 Å². The van der Waals surface area contributed by atoms with Crippen molar-refractivity contribution in [2.24, 2.45) is 5.73 Å². The van der Waals surface area contributed by atoms with E-state index in [1.807, 2.05) is 13.8 Å². The Labute approximate surface area is 112 Å². The normalized spacial score (nSPS) is 12.2. The Balaban J connectivity index is 2.75. The van der Waals surface area contributed by atoms with E-state index in [2.05, 4.69) is 10.3 Å². The molecule has 3 N–H and O–H groups in total. The fraction of sp³-hybridized carbons (Fsp3) is 0.615. The van der Waals surface area contributed by atoms with Gasteiger partial charge in [0, 0.05) is 6.42 Å². The maximum atomic E-state index is 12.0. The van der Waals surface area contributed by atoms with Crippen molar-refractivity contribution in [1.82, 2.24) is 10.3 Å². The summed E-state index contributed by atoms with van der Waals surface area (Å²) in [6, 6.07) is -0.665. The predicted molar refractivity (Wildman–Crippen MR) is 70.6 cm³/mol. The van der Waals surface area contributed by atoms with Crippen LogP contribution in [0, 0.1) is 6.92 Å². The van der Waals surface area contributed by atoms with Crippen molar-refractivity contribution in [3.05, 3.63) is 17.3 Å². The first-order chi connectivity index (χ1) is 8.99. The number of aryl methyl sites for hydroxylation is 2. The quantitative estimate of drug-likeness (QED) is 0.778. The second kappa shape index (κ2) is 6.92. The Morgan fingerprint density at radius 1 is 1.42 bits per heavy atom. The van der Waals surface area contributed by atoms with E-state index in [-0.39, 0.29) is 5.76 Å². The Morgan fingerprint density at radius 2 is 2.11 bits per heavy atom. The number of unbranched alkanes of at least 4 members (excludes halogenated alkanes) is 1. The third-order valence-corrected chi connectivity index (χ3v) is 2.84. The van der Waals surface area contributed by atoms with Crippen LogP contribution < -0.4 is 11.1 Å². The molecular formula is C13H21N3O3. The molecule has 1 heterocycles. The van der Waals surface area contributed by atoms with E-state index in [1.54, 1.807) is 6.92 Å². The summed E-state index contributed by atoms with van der Waals surface area (Å²) < 4.78 is 5.34. The van der Waals surface area contributed by atoms with Crippen LogP contribution in [0.15, 0.2) is 4.42 Å². The van der Waals surface area contributed by atoms with Crippen LogP contribution in [0.1, 0.15) is 55.2 Å². The number of nitrogens with two attached hydrogens (primary N) is 1. The lowest BCUT2D eigenvalue weighted by molar-refractivity contribution is -0.120. The third-order valence-electron chi connectivity index (χ3n) is 2.84. The van der Waals surface area contributed by atoms with Crippen LogP contribution in [0.5, 0.6) is 0 Å². The molecule has 106 valence electrons. The van der Waals surface area contributed by atoms with Gasteiger partial charge in [-0.3, -0.25) is 9.59 Å². The fourth-order valence-electron chi connectivity index (χ4n) is 1.73. The predicted octanol–water partition coefficient (Wildman–Crippen LogP) is 1.32. The molecule has 0 aromatic carbocycles. The summed E-state index contributed by atoms with van der Waals surface area (Å²) >= 11 is 0. The van der Waals surface area contributed by atoms with E-state index in [0.29, 0.717) is 24.4 Å². The number of amides is 2. The molecule has 0 aliphatic carbocycles. The average Bonchev–Trinajstić information content (AvgIpc) is 2.75. The first-order valence-electron chi connectivity index (χ1n) is 6.56. The highest BCUT2D eigenvalue weighted by atomic mass is 16.4. The minimum absolute atomic E-state index is 0.152. The van der Waals surface area contributed by atoms with Crippen molar-refractivity contribution in [3.8, 4) is 0 Å². The molecule has 6 nitrogen and oxygen atoms in total. The van der Waals surface area contributed by atoms with E-state index in [0.717, 1.165) is 12.8 Å². The average molecular weight is 267 g/mol. The Kier molecular flexibility index (Phi) is 5.54. The van der Waals surface area contributed by atoms with E-state index in [1.165, 1.54) is 0 Å². The number of primary amides is 1. The molecule has 0 saturated carbocycles. The van der Waals surface area contributed by atoms with Crippen molar-refractivity contribution >= 4 is 11.8 Å². The van der Waals surface area contributed by atoms with Gasteiger partial charge in [0.15, 0.2) is 5.89 Å². The number of hydrogen-bond donors (Lipinski definition) is 2. The number of nitrogens with zero attached hydrogens (tertiary/aromatic N) is 1. The largest absolute Gasteiger partial charge is 0.435 e. The van der Waals surface area contributed by atoms with E-state index in [9.17, 15) is 9.59 Å². The second-order valence-corrected chi connectivity index (χ2v) is 4.45. The van der Waals surface area contributed by atoms with Crippen molar-refractivity contribution in [2.45, 2.75) is 52.5 Å². The number of nitrogens with one attached hydrogen (secondary N) is 1. The highest BCUT2D eigenvalue weighted by Crippen LogP contribution is 2.11. The van der Waals surface area contributed by atoms with Crippen molar-refractivity contribution in [1.29, 1.82) is 0 Å². The Morgan fingerprint density at radius 3 is 2.58 bits per heavy atom. The van der Waals surface area contributed by atoms with Crippen LogP contribution in [-0.4, -0.2) is 22.8 Å². The van der Waals surface area contributed by atoms with Crippen LogP contribution in [0.25, 0.3) is 0 Å². The second-order valence-electron chi connectivity index (χ2n) is 4.45. The van der Waals surface area contributed by atoms with Crippen molar-refractivity contribution in [3.63, 3.8) is 0 Å². The molecule has 0 fully saturated rings. The van der Waals surface area contributed by atoms with Gasteiger partial charge >= 0.3 is 0 Å². The monoisotopic (exact) mass is 267 g/mol. The number of aromatic nitrogens is 1. The highest BCUT2D eigenvalue weighted by molar-refractivity contribution is 5.95. The molecule has 1 rings (SSSR count). The lowest BCUT2D eigenvalue weighted by atomic mass is 10.1. The minimum atomic E-state index is -0.665. The summed E-state index contributed by atoms with van der Waals surface area (Å²) in [7, 11) is 0. The smallest absolute Gasteiger partial charge is 0.289 e. The summed E-state index contributed by atoms with van der Waals surface area (Å²) in [4.78, 5) is 27.4. The molecule has 19 heavy (non-hydrogen) atoms. The van der Waals surface area contributed by atoms with E-state index < -0.39 is 17.9 Å². The first-order valence-corrected chi connectivity index (χ1v) is 6.56. The molecule has 2 amide bonds. The Hall–Kier alpha value is -1.85. The van der Waals surface area contributed by atoms with Gasteiger partial charge in [-0.15, -0.1) is 0 Å². The van der Waals surface area contributed by atoms with Crippen LogP contribution in [0.3, 0.4) is 0 Å². The summed E-state index contributed by atoms with van der Waals surface area (Å²) in [5.74, 6) is -0.314. The van der Waals surface area contributed by atoms with Gasteiger partial charge in [0.05, 0.1) is 5.69 Å². The molecule has 6 heteroatoms. The molecule has 0 saturated heterocycles. The van der Waals surface area contributed by atoms with Crippen molar-refractivity contribution in [2.75, 3.05) is 0 Å². The zero-order chi connectivity index (χ0) is 14.4. The molecule has 0 bridgehead atoms. The van der Waals surface area contributed by atoms with Crippen LogP contribution in [0.2, 0.25) is 0 Å². The summed E-state index contributed by atoms with van der Waals surface area (Å²) in [5.41, 5.74) is 5.79. The number of carbonyl (C=O) groups excluding carboxylic acids is 2. The lowest BCUT2D eigenvalue weighted by Gasteiger charge is -2.14. The first kappa shape index (κ1) is 15.2. The maximum absolute atomic E-state index is 12.0. The molecule has 0 radical (unpaired) electrons. The van der Waals surface area contributed by atoms with E-state index in [4.69, 9.17) is 10.2 Å². The summed E-state index contributed by atoms with van der Waals surface area (Å²) in [6.07, 6.45) is 2.90. The molecule has 0 aliphatic heterocycles. The maximum Gasteiger partial charge on any atom is 0.289 e. The number of oxazole rings is 1. The molecule has 0 spiro atoms. The zero-order valence-corrected chi connectivity index (χ0v) is 11.7. The molecule has 1 aromatic heterocycles. The van der Waals surface area contributed by atoms with Crippen LogP contribution in [-0.2, 0) is 11.2 Å². The topological polar surface area (TPSA) is 98.2 Å². The van der Waals surface area contributed by atoms with Crippen LogP contribution >= 0.6 is 0 Å². The van der Waals surface area contributed by atoms with Gasteiger partial charge in [-0.05, 0) is 13.3 Å². The zero-order valence-electron chi connectivity index (χ0n) is 11.7. The molecule has 0 unspecified atom stereocenters. The van der Waals surface area contributed by atoms with Gasteiger partial charge < -0.3 is 15.5 Å². The number of carbonyl (C=O) groups is 2. The Bertz CT molecular complexity index is 454. The SMILES string of the molecule is CCCC[C@@H](NC(=O)c1oc(CC)nc1C)C(N)=O. The summed E-state index contributed by atoms with van der Waals surface area (Å²) in [5, 5.41) is 2.60. The standard InChI is InChI=1S/C13H21N3O3/c1-4-6-7-9(12(14)17)16-13(18)11-8(3)15-10(5-2)19-11/h9H,4-7H2,1-3H3,(H2,14,17)(H,16,18)/t9-/m1/s1. The number of hydrogen-bond acceptors (Lipinski definition) is 4. The van der Waals surface area contributed by atoms with E-state index >= 15 is 0 Å². The lowest BCUT2D eigenvalue weighted by Crippen LogP contribution is -2.44. The van der Waals surface area contributed by atoms with Gasteiger partial charge in [-0.1, -0.05) is 26.7 Å². The van der Waals surface area contributed by atoms with Gasteiger partial charge in [0.2, 0.25) is 11.7 Å². The molecule has 0 aliphatic rings. The van der Waals surface area contributed by atoms with Gasteiger partial charge in [0.25, 0.3) is 5.91 Å².